The van der Waals surface area contributed by atoms with E-state index in [2.05, 4.69) is 41.3 Å². The summed E-state index contributed by atoms with van der Waals surface area (Å²) in [5.41, 5.74) is 24.5. The lowest BCUT2D eigenvalue weighted by Gasteiger charge is -2.17. The molecule has 0 saturated heterocycles. The van der Waals surface area contributed by atoms with Crippen LogP contribution in [0.5, 0.6) is 0 Å². The number of amides is 1. The Morgan fingerprint density at radius 1 is 0.702 bits per heavy atom. The van der Waals surface area contributed by atoms with Crippen LogP contribution in [0.4, 0.5) is 38.2 Å². The molecule has 21 heteroatoms. The van der Waals surface area contributed by atoms with Crippen molar-refractivity contribution in [3.05, 3.63) is 115 Å². The van der Waals surface area contributed by atoms with E-state index in [4.69, 9.17) is 22.3 Å². The second-order valence-corrected chi connectivity index (χ2v) is 14.1. The first-order valence-corrected chi connectivity index (χ1v) is 18.0. The fourth-order valence-electron chi connectivity index (χ4n) is 5.10. The molecule has 4 aromatic heterocycles. The van der Waals surface area contributed by atoms with Crippen LogP contribution >= 0.6 is 22.7 Å². The zero-order chi connectivity index (χ0) is 42.2. The van der Waals surface area contributed by atoms with Gasteiger partial charge in [-0.1, -0.05) is 24.3 Å². The van der Waals surface area contributed by atoms with Crippen molar-refractivity contribution in [2.75, 3.05) is 11.5 Å². The summed E-state index contributed by atoms with van der Waals surface area (Å²) < 4.78 is 73.4. The van der Waals surface area contributed by atoms with Gasteiger partial charge in [-0.3, -0.25) is 4.79 Å². The maximum atomic E-state index is 12.6. The number of aryl methyl sites for hydroxylation is 2. The molecule has 13 nitrogen and oxygen atoms in total. The van der Waals surface area contributed by atoms with Gasteiger partial charge in [-0.2, -0.15) is 26.3 Å². The fraction of sp³-hybridized carbons (Fsp3) is 0.222. The van der Waals surface area contributed by atoms with Gasteiger partial charge in [0.25, 0.3) is 5.91 Å². The van der Waals surface area contributed by atoms with Gasteiger partial charge < -0.3 is 27.6 Å². The van der Waals surface area contributed by atoms with Crippen molar-refractivity contribution in [3.63, 3.8) is 0 Å². The summed E-state index contributed by atoms with van der Waals surface area (Å²) in [7, 11) is 0. The molecule has 2 aromatic carbocycles. The number of anilines is 2. The first kappa shape index (κ1) is 43.7. The average molecular weight is 833 g/mol. The standard InChI is InChI=1S/C18H16F3N5OS.C13H16N4.C5H2F3NO2S/c1-9-7-11(13-5-6-23-17(22)26-13)3-4-12(9)10(2)25-15(27)14-8-24-16(28-14)18(19,20)21;1-8-7-10(3-4-11(8)9(2)14)12-5-6-16-13(15)17-12;6-5(7,8)4-9-1-2(12-4)3(10)11/h3-8,10H,1-2H3,(H,25,27)(H2,22,23,26);3-7,9H,14H2,1-2H3,(H2,15,16,17);1H,(H,10,11). The van der Waals surface area contributed by atoms with Gasteiger partial charge in [-0.05, 0) is 74.2 Å². The van der Waals surface area contributed by atoms with E-state index in [0.717, 1.165) is 45.3 Å². The summed E-state index contributed by atoms with van der Waals surface area (Å²) >= 11 is 0.428. The first-order chi connectivity index (χ1) is 26.6. The van der Waals surface area contributed by atoms with Crippen LogP contribution in [-0.2, 0) is 12.4 Å². The predicted molar refractivity (Wildman–Crippen MR) is 203 cm³/mol. The summed E-state index contributed by atoms with van der Waals surface area (Å²) in [5.74, 6) is -1.55. The second kappa shape index (κ2) is 18.3. The third-order valence-electron chi connectivity index (χ3n) is 7.72. The average Bonchev–Trinajstić information content (AvgIpc) is 3.84. The van der Waals surface area contributed by atoms with Crippen LogP contribution in [-0.4, -0.2) is 46.9 Å². The lowest BCUT2D eigenvalue weighted by Crippen LogP contribution is -2.26. The molecule has 0 fully saturated rings. The van der Waals surface area contributed by atoms with Gasteiger partial charge in [0.15, 0.2) is 10.0 Å². The summed E-state index contributed by atoms with van der Waals surface area (Å²) in [5, 5.41) is 8.79. The molecule has 1 amide bonds. The number of aromatic carboxylic acids is 1. The van der Waals surface area contributed by atoms with Crippen LogP contribution in [0.15, 0.2) is 73.3 Å². The number of nitrogens with one attached hydrogen (secondary N) is 1. The summed E-state index contributed by atoms with van der Waals surface area (Å²) in [4.78, 5) is 44.2. The highest BCUT2D eigenvalue weighted by atomic mass is 32.1. The van der Waals surface area contributed by atoms with Crippen molar-refractivity contribution < 1.29 is 41.0 Å². The molecule has 2 unspecified atom stereocenters. The molecular formula is C36H34F6N10O3S2. The van der Waals surface area contributed by atoms with Gasteiger partial charge in [-0.15, -0.1) is 22.7 Å². The first-order valence-electron chi connectivity index (χ1n) is 16.4. The number of nitrogens with two attached hydrogens (primary N) is 3. The van der Waals surface area contributed by atoms with Crippen LogP contribution in [0.1, 0.15) is 77.5 Å². The topological polar surface area (TPSA) is 222 Å². The van der Waals surface area contributed by atoms with E-state index in [9.17, 15) is 35.9 Å². The molecule has 2 atom stereocenters. The molecule has 0 saturated carbocycles. The SMILES string of the molecule is Cc1cc(-c2ccnc(N)n2)ccc1C(C)N.Cc1cc(-c2ccnc(N)n2)ccc1C(C)NC(=O)c1cnc(C(F)(F)F)s1.O=C(O)c1cnc(C(F)(F)F)s1. The van der Waals surface area contributed by atoms with Gasteiger partial charge in [0, 0.05) is 29.6 Å². The third kappa shape index (κ3) is 12.0. The van der Waals surface area contributed by atoms with E-state index in [1.807, 2.05) is 57.2 Å². The highest BCUT2D eigenvalue weighted by Crippen LogP contribution is 2.34. The van der Waals surface area contributed by atoms with Gasteiger partial charge in [0.05, 0.1) is 29.8 Å². The minimum Gasteiger partial charge on any atom is -0.477 e. The molecular weight excluding hydrogens is 799 g/mol. The zero-order valence-electron chi connectivity index (χ0n) is 30.3. The summed E-state index contributed by atoms with van der Waals surface area (Å²) in [6.07, 6.45) is -4.27. The van der Waals surface area contributed by atoms with E-state index in [-0.39, 0.29) is 34.2 Å². The quantitative estimate of drug-likeness (QED) is 0.0969. The normalized spacial score (nSPS) is 12.3. The van der Waals surface area contributed by atoms with E-state index < -0.39 is 45.2 Å². The van der Waals surface area contributed by atoms with E-state index in [1.165, 1.54) is 0 Å². The Kier molecular flexibility index (Phi) is 14.0. The molecule has 0 aliphatic rings. The highest BCUT2D eigenvalue weighted by Gasteiger charge is 2.36. The lowest BCUT2D eigenvalue weighted by molar-refractivity contribution is -0.138. The van der Waals surface area contributed by atoms with Crippen LogP contribution in [0.25, 0.3) is 22.5 Å². The number of benzene rings is 2. The molecule has 0 bridgehead atoms. The fourth-order valence-corrected chi connectivity index (χ4v) is 6.40. The number of aromatic nitrogens is 6. The van der Waals surface area contributed by atoms with Crippen molar-refractivity contribution in [2.24, 2.45) is 5.73 Å². The number of alkyl halides is 6. The lowest BCUT2D eigenvalue weighted by atomic mass is 9.98. The number of carboxylic acids is 1. The Morgan fingerprint density at radius 3 is 1.51 bits per heavy atom. The minimum absolute atomic E-state index is 0.0412. The van der Waals surface area contributed by atoms with Crippen molar-refractivity contribution in [1.82, 2.24) is 35.2 Å². The molecule has 0 aliphatic carbocycles. The van der Waals surface area contributed by atoms with Gasteiger partial charge in [0.1, 0.15) is 9.75 Å². The van der Waals surface area contributed by atoms with Gasteiger partial charge in [-0.25, -0.2) is 34.7 Å². The Morgan fingerprint density at radius 2 is 1.14 bits per heavy atom. The highest BCUT2D eigenvalue weighted by molar-refractivity contribution is 7.14. The van der Waals surface area contributed by atoms with Crippen LogP contribution in [0.2, 0.25) is 0 Å². The Labute approximate surface area is 329 Å². The van der Waals surface area contributed by atoms with Crippen molar-refractivity contribution >= 4 is 46.4 Å². The summed E-state index contributed by atoms with van der Waals surface area (Å²) in [6.45, 7) is 7.66. The van der Waals surface area contributed by atoms with Gasteiger partial charge >= 0.3 is 18.3 Å². The van der Waals surface area contributed by atoms with Crippen LogP contribution < -0.4 is 22.5 Å². The second-order valence-electron chi connectivity index (χ2n) is 12.1. The number of carbonyl (C=O) groups is 2. The van der Waals surface area contributed by atoms with Crippen LogP contribution in [0, 0.1) is 13.8 Å². The number of hydrogen-bond acceptors (Lipinski definition) is 13. The number of halogens is 6. The number of nitrogens with zero attached hydrogens (tertiary/aromatic N) is 6. The molecule has 8 N–H and O–H groups in total. The Balaban J connectivity index is 0.000000210. The van der Waals surface area contributed by atoms with E-state index >= 15 is 0 Å². The maximum Gasteiger partial charge on any atom is 0.443 e. The monoisotopic (exact) mass is 832 g/mol. The molecule has 0 radical (unpaired) electrons. The molecule has 0 spiro atoms. The van der Waals surface area contributed by atoms with Gasteiger partial charge in [0.2, 0.25) is 11.9 Å². The largest absolute Gasteiger partial charge is 0.477 e. The maximum absolute atomic E-state index is 12.6. The molecule has 57 heavy (non-hydrogen) atoms. The number of thiazole rings is 2. The van der Waals surface area contributed by atoms with E-state index in [1.54, 1.807) is 25.4 Å². The molecule has 6 aromatic rings. The smallest absolute Gasteiger partial charge is 0.443 e. The zero-order valence-corrected chi connectivity index (χ0v) is 32.0. The molecule has 4 heterocycles. The van der Waals surface area contributed by atoms with Crippen molar-refractivity contribution in [2.45, 2.75) is 52.1 Å². The predicted octanol–water partition coefficient (Wildman–Crippen LogP) is 7.91. The summed E-state index contributed by atoms with van der Waals surface area (Å²) in [6, 6.07) is 14.9. The Hall–Kier alpha value is -6.06. The number of carbonyl (C=O) groups excluding carboxylic acids is 1. The molecule has 0 aliphatic heterocycles. The molecule has 300 valence electrons. The Bertz CT molecular complexity index is 2350. The van der Waals surface area contributed by atoms with E-state index in [0.29, 0.717) is 23.2 Å². The number of carboxylic acid groups (broad SMARTS) is 1. The number of rotatable bonds is 7. The van der Waals surface area contributed by atoms with Crippen molar-refractivity contribution in [3.8, 4) is 22.5 Å². The number of nitrogen functional groups attached to an aromatic ring is 2. The number of hydrogen-bond donors (Lipinski definition) is 5. The van der Waals surface area contributed by atoms with Crippen molar-refractivity contribution in [1.29, 1.82) is 0 Å². The minimum atomic E-state index is -4.56. The van der Waals surface area contributed by atoms with Crippen LogP contribution in [0.3, 0.4) is 0 Å². The third-order valence-corrected chi connectivity index (χ3v) is 9.79. The molecule has 6 rings (SSSR count).